The predicted molar refractivity (Wildman–Crippen MR) is 48.4 cm³/mol. The van der Waals surface area contributed by atoms with Crippen LogP contribution in [0.25, 0.3) is 0 Å². The Bertz CT molecular complexity index is 268. The molecule has 0 aliphatic carbocycles. The van der Waals surface area contributed by atoms with Crippen molar-refractivity contribution in [3.05, 3.63) is 24.5 Å². The van der Waals surface area contributed by atoms with Crippen molar-refractivity contribution in [1.82, 2.24) is 4.98 Å². The van der Waals surface area contributed by atoms with Gasteiger partial charge in [0.05, 0.1) is 11.9 Å². The second kappa shape index (κ2) is 3.56. The van der Waals surface area contributed by atoms with Crippen LogP contribution in [0, 0.1) is 0 Å². The highest BCUT2D eigenvalue weighted by atomic mass is 15.3. The zero-order valence-electron chi connectivity index (χ0n) is 6.81. The van der Waals surface area contributed by atoms with Crippen LogP contribution in [0.5, 0.6) is 0 Å². The van der Waals surface area contributed by atoms with Crippen molar-refractivity contribution in [1.29, 1.82) is 0 Å². The van der Waals surface area contributed by atoms with Gasteiger partial charge >= 0.3 is 0 Å². The Labute approximate surface area is 70.7 Å². The van der Waals surface area contributed by atoms with Crippen molar-refractivity contribution < 1.29 is 0 Å². The van der Waals surface area contributed by atoms with E-state index < -0.39 is 0 Å². The second-order valence-electron chi connectivity index (χ2n) is 2.26. The Morgan fingerprint density at radius 2 is 2.42 bits per heavy atom. The summed E-state index contributed by atoms with van der Waals surface area (Å²) in [5.41, 5.74) is 6.32. The van der Waals surface area contributed by atoms with Crippen molar-refractivity contribution in [3.63, 3.8) is 0 Å². The zero-order valence-corrected chi connectivity index (χ0v) is 6.81. The average Bonchev–Trinajstić information content (AvgIpc) is 2.17. The van der Waals surface area contributed by atoms with Crippen molar-refractivity contribution in [2.24, 2.45) is 16.7 Å². The first-order valence-corrected chi connectivity index (χ1v) is 3.43. The van der Waals surface area contributed by atoms with Crippen LogP contribution in [-0.4, -0.2) is 18.0 Å². The van der Waals surface area contributed by atoms with E-state index >= 15 is 0 Å². The van der Waals surface area contributed by atoms with Crippen LogP contribution >= 0.6 is 0 Å². The van der Waals surface area contributed by atoms with E-state index in [4.69, 9.17) is 11.6 Å². The summed E-state index contributed by atoms with van der Waals surface area (Å²) in [6.45, 7) is 0. The summed E-state index contributed by atoms with van der Waals surface area (Å²) < 4.78 is 0. The summed E-state index contributed by atoms with van der Waals surface area (Å²) in [5, 5.41) is 3.36. The summed E-state index contributed by atoms with van der Waals surface area (Å²) in [5.74, 6) is 5.26. The van der Waals surface area contributed by atoms with Crippen LogP contribution < -0.4 is 16.5 Å². The molecule has 0 aliphatic heterocycles. The highest BCUT2D eigenvalue weighted by Crippen LogP contribution is 2.07. The van der Waals surface area contributed by atoms with Gasteiger partial charge in [0.1, 0.15) is 0 Å². The van der Waals surface area contributed by atoms with E-state index in [1.54, 1.807) is 24.3 Å². The van der Waals surface area contributed by atoms with E-state index in [1.807, 2.05) is 12.1 Å². The molecule has 0 aliphatic rings. The molecule has 0 radical (unpaired) electrons. The van der Waals surface area contributed by atoms with Crippen LogP contribution in [0.2, 0.25) is 0 Å². The van der Waals surface area contributed by atoms with Crippen LogP contribution in [-0.2, 0) is 0 Å². The Kier molecular flexibility index (Phi) is 2.47. The van der Waals surface area contributed by atoms with E-state index in [1.165, 1.54) is 0 Å². The lowest BCUT2D eigenvalue weighted by atomic mass is 10.4. The molecule has 1 aromatic rings. The summed E-state index contributed by atoms with van der Waals surface area (Å²) >= 11 is 0. The Balaban J connectivity index is 2.86. The number of anilines is 1. The fourth-order valence-electron chi connectivity index (χ4n) is 0.771. The van der Waals surface area contributed by atoms with Crippen LogP contribution in [0.3, 0.4) is 0 Å². The number of guanidine groups is 1. The number of aromatic nitrogens is 1. The van der Waals surface area contributed by atoms with Gasteiger partial charge in [0.2, 0.25) is 5.96 Å². The number of hydrogen-bond acceptors (Lipinski definition) is 3. The standard InChI is InChI=1S/C7H11N5/c1-12(7(8)11-9)6-3-2-4-10-5-6/h2-5H,9H2,1H3,(H2,8,11). The Hall–Kier alpha value is -1.78. The van der Waals surface area contributed by atoms with Gasteiger partial charge in [0.25, 0.3) is 0 Å². The van der Waals surface area contributed by atoms with Crippen LogP contribution in [0.1, 0.15) is 0 Å². The zero-order chi connectivity index (χ0) is 8.97. The fraction of sp³-hybridized carbons (Fsp3) is 0.143. The van der Waals surface area contributed by atoms with Crippen molar-refractivity contribution >= 4 is 11.6 Å². The van der Waals surface area contributed by atoms with E-state index in [0.717, 1.165) is 5.69 Å². The van der Waals surface area contributed by atoms with Gasteiger partial charge in [0.15, 0.2) is 0 Å². The lowest BCUT2D eigenvalue weighted by Crippen LogP contribution is -2.34. The lowest BCUT2D eigenvalue weighted by Gasteiger charge is -2.15. The molecule has 5 heteroatoms. The minimum atomic E-state index is 0.253. The van der Waals surface area contributed by atoms with Gasteiger partial charge in [-0.05, 0) is 12.1 Å². The molecule has 0 bridgehead atoms. The molecule has 1 heterocycles. The predicted octanol–water partition coefficient (Wildman–Crippen LogP) is -0.294. The van der Waals surface area contributed by atoms with Crippen LogP contribution in [0.4, 0.5) is 5.69 Å². The first-order valence-electron chi connectivity index (χ1n) is 3.43. The van der Waals surface area contributed by atoms with Gasteiger partial charge < -0.3 is 16.5 Å². The molecule has 0 saturated heterocycles. The van der Waals surface area contributed by atoms with Gasteiger partial charge in [0, 0.05) is 13.2 Å². The Morgan fingerprint density at radius 1 is 1.67 bits per heavy atom. The number of rotatable bonds is 1. The van der Waals surface area contributed by atoms with Gasteiger partial charge in [-0.1, -0.05) is 0 Å². The van der Waals surface area contributed by atoms with E-state index in [9.17, 15) is 0 Å². The summed E-state index contributed by atoms with van der Waals surface area (Å²) in [4.78, 5) is 5.58. The van der Waals surface area contributed by atoms with Gasteiger partial charge in [-0.3, -0.25) is 4.98 Å². The molecule has 0 fully saturated rings. The normalized spacial score (nSPS) is 11.2. The smallest absolute Gasteiger partial charge is 0.217 e. The second-order valence-corrected chi connectivity index (χ2v) is 2.26. The number of nitrogens with zero attached hydrogens (tertiary/aromatic N) is 3. The SMILES string of the molecule is CN(/C(N)=N/N)c1cccnc1. The number of hydrazone groups is 1. The largest absolute Gasteiger partial charge is 0.368 e. The molecule has 12 heavy (non-hydrogen) atoms. The highest BCUT2D eigenvalue weighted by molar-refractivity contribution is 5.93. The maximum atomic E-state index is 5.47. The first-order chi connectivity index (χ1) is 5.75. The minimum Gasteiger partial charge on any atom is -0.368 e. The number of pyridine rings is 1. The Morgan fingerprint density at radius 3 is 2.92 bits per heavy atom. The third-order valence-corrected chi connectivity index (χ3v) is 1.51. The third-order valence-electron chi connectivity index (χ3n) is 1.51. The van der Waals surface area contributed by atoms with E-state index in [-0.39, 0.29) is 5.96 Å². The molecule has 0 atom stereocenters. The molecule has 64 valence electrons. The summed E-state index contributed by atoms with van der Waals surface area (Å²) in [7, 11) is 1.77. The quantitative estimate of drug-likeness (QED) is 0.259. The number of nitrogens with two attached hydrogens (primary N) is 2. The molecule has 0 aromatic carbocycles. The first kappa shape index (κ1) is 8.32. The molecule has 4 N–H and O–H groups in total. The average molecular weight is 165 g/mol. The summed E-state index contributed by atoms with van der Waals surface area (Å²) in [6.07, 6.45) is 3.37. The van der Waals surface area contributed by atoms with E-state index in [2.05, 4.69) is 10.1 Å². The molecule has 0 amide bonds. The van der Waals surface area contributed by atoms with E-state index in [0.29, 0.717) is 0 Å². The fourth-order valence-corrected chi connectivity index (χ4v) is 0.771. The van der Waals surface area contributed by atoms with Crippen LogP contribution in [0.15, 0.2) is 29.6 Å². The maximum absolute atomic E-state index is 5.47. The molecule has 0 unspecified atom stereocenters. The summed E-state index contributed by atoms with van der Waals surface area (Å²) in [6, 6.07) is 3.68. The molecular formula is C7H11N5. The van der Waals surface area contributed by atoms with Gasteiger partial charge in [-0.15, -0.1) is 5.10 Å². The van der Waals surface area contributed by atoms with Crippen molar-refractivity contribution in [3.8, 4) is 0 Å². The molecule has 0 saturated carbocycles. The molecule has 0 spiro atoms. The van der Waals surface area contributed by atoms with Crippen molar-refractivity contribution in [2.45, 2.75) is 0 Å². The minimum absolute atomic E-state index is 0.253. The number of hydrogen-bond donors (Lipinski definition) is 2. The van der Waals surface area contributed by atoms with Crippen molar-refractivity contribution in [2.75, 3.05) is 11.9 Å². The maximum Gasteiger partial charge on any atom is 0.217 e. The highest BCUT2D eigenvalue weighted by Gasteiger charge is 2.02. The lowest BCUT2D eigenvalue weighted by molar-refractivity contribution is 1.13. The molecule has 1 rings (SSSR count). The monoisotopic (exact) mass is 165 g/mol. The molecule has 5 nitrogen and oxygen atoms in total. The topological polar surface area (TPSA) is 80.5 Å². The molecule has 1 aromatic heterocycles. The van der Waals surface area contributed by atoms with Gasteiger partial charge in [-0.2, -0.15) is 0 Å². The third kappa shape index (κ3) is 1.63. The molecular weight excluding hydrogens is 154 g/mol. The van der Waals surface area contributed by atoms with Gasteiger partial charge in [-0.25, -0.2) is 0 Å².